The average molecular weight is 313 g/mol. The second kappa shape index (κ2) is 5.96. The Hall–Kier alpha value is -1.42. The molecule has 2 rings (SSSR count). The van der Waals surface area contributed by atoms with Gasteiger partial charge in [-0.15, -0.1) is 0 Å². The van der Waals surface area contributed by atoms with Gasteiger partial charge in [0.1, 0.15) is 12.4 Å². The highest BCUT2D eigenvalue weighted by atomic mass is 79.9. The summed E-state index contributed by atoms with van der Waals surface area (Å²) in [6.07, 6.45) is -2.47. The van der Waals surface area contributed by atoms with E-state index >= 15 is 0 Å². The zero-order chi connectivity index (χ0) is 13.0. The molecule has 0 aliphatic rings. The summed E-state index contributed by atoms with van der Waals surface area (Å²) in [4.78, 5) is 0. The molecule has 4 heteroatoms. The van der Waals surface area contributed by atoms with Crippen molar-refractivity contribution in [3.05, 3.63) is 53.0 Å². The van der Waals surface area contributed by atoms with Crippen LogP contribution in [0.4, 0.5) is 8.78 Å². The van der Waals surface area contributed by atoms with Crippen molar-refractivity contribution in [3.8, 4) is 16.9 Å². The van der Waals surface area contributed by atoms with Crippen LogP contribution in [0.2, 0.25) is 0 Å². The molecule has 2 aromatic rings. The average Bonchev–Trinajstić information content (AvgIpc) is 2.37. The molecule has 0 spiro atoms. The van der Waals surface area contributed by atoms with Crippen LogP contribution in [-0.2, 0) is 0 Å². The second-order valence-corrected chi connectivity index (χ2v) is 4.53. The van der Waals surface area contributed by atoms with Gasteiger partial charge >= 0.3 is 0 Å². The largest absolute Gasteiger partial charge is 0.487 e. The predicted octanol–water partition coefficient (Wildman–Crippen LogP) is 4.76. The third kappa shape index (κ3) is 3.07. The highest BCUT2D eigenvalue weighted by Crippen LogP contribution is 2.34. The fourth-order valence-electron chi connectivity index (χ4n) is 1.65. The van der Waals surface area contributed by atoms with Gasteiger partial charge in [-0.05, 0) is 17.7 Å². The van der Waals surface area contributed by atoms with Crippen LogP contribution in [0.3, 0.4) is 0 Å². The van der Waals surface area contributed by atoms with Crippen molar-refractivity contribution in [3.63, 3.8) is 0 Å². The monoisotopic (exact) mass is 312 g/mol. The molecule has 94 valence electrons. The van der Waals surface area contributed by atoms with E-state index in [0.717, 1.165) is 15.6 Å². The molecule has 2 aromatic carbocycles. The smallest absolute Gasteiger partial charge is 0.272 e. The minimum Gasteiger partial charge on any atom is -0.487 e. The number of para-hydroxylation sites is 1. The van der Waals surface area contributed by atoms with Crippen LogP contribution in [0, 0.1) is 0 Å². The van der Waals surface area contributed by atoms with Crippen molar-refractivity contribution < 1.29 is 13.5 Å². The van der Waals surface area contributed by atoms with E-state index in [0.29, 0.717) is 5.75 Å². The molecule has 0 unspecified atom stereocenters. The van der Waals surface area contributed by atoms with Gasteiger partial charge in [0, 0.05) is 10.0 Å². The lowest BCUT2D eigenvalue weighted by Gasteiger charge is -2.12. The van der Waals surface area contributed by atoms with Crippen LogP contribution < -0.4 is 4.74 Å². The van der Waals surface area contributed by atoms with Gasteiger partial charge in [0.05, 0.1) is 0 Å². The minimum atomic E-state index is -2.47. The normalized spacial score (nSPS) is 10.7. The fraction of sp³-hybridized carbons (Fsp3) is 0.143. The van der Waals surface area contributed by atoms with E-state index in [1.165, 1.54) is 0 Å². The number of hydrogen-bond donors (Lipinski definition) is 0. The lowest BCUT2D eigenvalue weighted by molar-refractivity contribution is 0.0822. The molecule has 0 radical (unpaired) electrons. The molecule has 0 heterocycles. The van der Waals surface area contributed by atoms with Gasteiger partial charge in [0.15, 0.2) is 0 Å². The topological polar surface area (TPSA) is 9.23 Å². The van der Waals surface area contributed by atoms with Gasteiger partial charge in [0.2, 0.25) is 0 Å². The van der Waals surface area contributed by atoms with Crippen molar-refractivity contribution in [2.75, 3.05) is 6.61 Å². The lowest BCUT2D eigenvalue weighted by atomic mass is 10.1. The van der Waals surface area contributed by atoms with Gasteiger partial charge in [-0.2, -0.15) is 0 Å². The van der Waals surface area contributed by atoms with Crippen LogP contribution >= 0.6 is 15.9 Å². The van der Waals surface area contributed by atoms with Gasteiger partial charge in [-0.25, -0.2) is 8.78 Å². The quantitative estimate of drug-likeness (QED) is 0.791. The van der Waals surface area contributed by atoms with Crippen molar-refractivity contribution in [1.29, 1.82) is 0 Å². The molecule has 18 heavy (non-hydrogen) atoms. The van der Waals surface area contributed by atoms with Crippen molar-refractivity contribution in [1.82, 2.24) is 0 Å². The molecule has 0 bridgehead atoms. The summed E-state index contributed by atoms with van der Waals surface area (Å²) >= 11 is 3.44. The molecule has 0 aromatic heterocycles. The van der Waals surface area contributed by atoms with E-state index in [1.807, 2.05) is 36.4 Å². The third-order valence-electron chi connectivity index (χ3n) is 2.42. The Bertz CT molecular complexity index is 529. The molecule has 0 aliphatic carbocycles. The summed E-state index contributed by atoms with van der Waals surface area (Å²) in [6, 6.07) is 14.8. The van der Waals surface area contributed by atoms with Crippen molar-refractivity contribution in [2.24, 2.45) is 0 Å². The first-order chi connectivity index (χ1) is 8.68. The maximum absolute atomic E-state index is 12.2. The summed E-state index contributed by atoms with van der Waals surface area (Å²) in [5.74, 6) is 0.463. The van der Waals surface area contributed by atoms with Crippen LogP contribution in [0.1, 0.15) is 0 Å². The van der Waals surface area contributed by atoms with E-state index < -0.39 is 13.0 Å². The van der Waals surface area contributed by atoms with E-state index in [-0.39, 0.29) is 0 Å². The van der Waals surface area contributed by atoms with Crippen molar-refractivity contribution >= 4 is 15.9 Å². The van der Waals surface area contributed by atoms with E-state index in [9.17, 15) is 8.78 Å². The van der Waals surface area contributed by atoms with E-state index in [1.54, 1.807) is 12.1 Å². The molecular formula is C14H11BrF2O. The van der Waals surface area contributed by atoms with E-state index in [2.05, 4.69) is 15.9 Å². The number of halogens is 3. The van der Waals surface area contributed by atoms with Gasteiger partial charge < -0.3 is 4.74 Å². The third-order valence-corrected chi connectivity index (χ3v) is 3.11. The predicted molar refractivity (Wildman–Crippen MR) is 71.1 cm³/mol. The number of ether oxygens (including phenoxy) is 1. The fourth-order valence-corrected chi connectivity index (χ4v) is 2.15. The highest BCUT2D eigenvalue weighted by molar-refractivity contribution is 9.10. The van der Waals surface area contributed by atoms with E-state index in [4.69, 9.17) is 4.74 Å². The zero-order valence-corrected chi connectivity index (χ0v) is 11.0. The molecule has 0 amide bonds. The molecule has 0 saturated heterocycles. The van der Waals surface area contributed by atoms with Crippen LogP contribution in [-0.4, -0.2) is 13.0 Å². The summed E-state index contributed by atoms with van der Waals surface area (Å²) in [7, 11) is 0. The standard InChI is InChI=1S/C14H11BrF2O/c15-12-7-3-1-5-10(12)11-6-2-4-8-13(11)18-9-14(16)17/h1-8,14H,9H2. The first kappa shape index (κ1) is 13.0. The van der Waals surface area contributed by atoms with Crippen LogP contribution in [0.5, 0.6) is 5.75 Å². The van der Waals surface area contributed by atoms with Crippen LogP contribution in [0.25, 0.3) is 11.1 Å². The molecular weight excluding hydrogens is 302 g/mol. The Morgan fingerprint density at radius 3 is 2.22 bits per heavy atom. The number of alkyl halides is 2. The first-order valence-electron chi connectivity index (χ1n) is 5.43. The molecule has 1 nitrogen and oxygen atoms in total. The van der Waals surface area contributed by atoms with Gasteiger partial charge in [-0.1, -0.05) is 52.3 Å². The Labute approximate surface area is 113 Å². The summed E-state index contributed by atoms with van der Waals surface area (Å²) in [5, 5.41) is 0. The number of rotatable bonds is 4. The SMILES string of the molecule is FC(F)COc1ccccc1-c1ccccc1Br. The maximum Gasteiger partial charge on any atom is 0.272 e. The van der Waals surface area contributed by atoms with Crippen LogP contribution in [0.15, 0.2) is 53.0 Å². The Balaban J connectivity index is 2.36. The van der Waals surface area contributed by atoms with Gasteiger partial charge in [-0.3, -0.25) is 0 Å². The summed E-state index contributed by atoms with van der Waals surface area (Å²) < 4.78 is 30.4. The lowest BCUT2D eigenvalue weighted by Crippen LogP contribution is -2.07. The molecule has 0 fully saturated rings. The molecule has 0 N–H and O–H groups in total. The van der Waals surface area contributed by atoms with Gasteiger partial charge in [0.25, 0.3) is 6.43 Å². The Kier molecular flexibility index (Phi) is 4.31. The number of benzene rings is 2. The number of hydrogen-bond acceptors (Lipinski definition) is 1. The zero-order valence-electron chi connectivity index (χ0n) is 9.45. The second-order valence-electron chi connectivity index (χ2n) is 3.68. The Morgan fingerprint density at radius 1 is 0.944 bits per heavy atom. The first-order valence-corrected chi connectivity index (χ1v) is 6.22. The minimum absolute atomic E-state index is 0.463. The molecule has 0 atom stereocenters. The van der Waals surface area contributed by atoms with Crippen molar-refractivity contribution in [2.45, 2.75) is 6.43 Å². The highest BCUT2D eigenvalue weighted by Gasteiger charge is 2.10. The Morgan fingerprint density at radius 2 is 1.56 bits per heavy atom. The summed E-state index contributed by atoms with van der Waals surface area (Å²) in [6.45, 7) is -0.596. The molecule has 0 saturated carbocycles. The molecule has 0 aliphatic heterocycles. The maximum atomic E-state index is 12.2. The summed E-state index contributed by atoms with van der Waals surface area (Å²) in [5.41, 5.74) is 1.72.